The third-order valence-electron chi connectivity index (χ3n) is 4.00. The Labute approximate surface area is 125 Å². The van der Waals surface area contributed by atoms with E-state index in [1.165, 1.54) is 27.3 Å². The van der Waals surface area contributed by atoms with Gasteiger partial charge in [0.25, 0.3) is 0 Å². The minimum Gasteiger partial charge on any atom is -0.327 e. The van der Waals surface area contributed by atoms with Crippen molar-refractivity contribution in [3.63, 3.8) is 0 Å². The third-order valence-corrected chi connectivity index (χ3v) is 5.26. The van der Waals surface area contributed by atoms with Gasteiger partial charge in [-0.3, -0.25) is 0 Å². The van der Waals surface area contributed by atoms with E-state index < -0.39 is 0 Å². The molecule has 0 radical (unpaired) electrons. The van der Waals surface area contributed by atoms with Gasteiger partial charge in [-0.05, 0) is 42.9 Å². The summed E-state index contributed by atoms with van der Waals surface area (Å²) in [4.78, 5) is 1.44. The van der Waals surface area contributed by atoms with Gasteiger partial charge in [0.05, 0.1) is 0 Å². The van der Waals surface area contributed by atoms with Crippen LogP contribution in [0.15, 0.2) is 53.4 Å². The Morgan fingerprint density at radius 2 is 1.90 bits per heavy atom. The van der Waals surface area contributed by atoms with Crippen molar-refractivity contribution in [2.45, 2.75) is 36.6 Å². The van der Waals surface area contributed by atoms with E-state index in [0.29, 0.717) is 5.92 Å². The van der Waals surface area contributed by atoms with Crippen LogP contribution in [0.2, 0.25) is 0 Å². The molecule has 0 saturated carbocycles. The molecule has 2 aromatic carbocycles. The highest BCUT2D eigenvalue weighted by Crippen LogP contribution is 2.41. The van der Waals surface area contributed by atoms with Crippen LogP contribution in [-0.4, -0.2) is 11.8 Å². The molecular formula is C18H21NS. The van der Waals surface area contributed by atoms with Crippen LogP contribution in [0.5, 0.6) is 0 Å². The maximum absolute atomic E-state index is 6.37. The van der Waals surface area contributed by atoms with Gasteiger partial charge >= 0.3 is 0 Å². The van der Waals surface area contributed by atoms with E-state index in [-0.39, 0.29) is 6.04 Å². The highest BCUT2D eigenvalue weighted by Gasteiger charge is 2.24. The van der Waals surface area contributed by atoms with Crippen LogP contribution in [-0.2, 0) is 6.42 Å². The second-order valence-electron chi connectivity index (χ2n) is 5.73. The lowest BCUT2D eigenvalue weighted by Crippen LogP contribution is -2.25. The Morgan fingerprint density at radius 3 is 2.70 bits per heavy atom. The molecule has 2 atom stereocenters. The van der Waals surface area contributed by atoms with Crippen LogP contribution in [0, 0.1) is 6.92 Å². The second-order valence-corrected chi connectivity index (χ2v) is 6.79. The van der Waals surface area contributed by atoms with Crippen LogP contribution in [0.25, 0.3) is 0 Å². The van der Waals surface area contributed by atoms with Gasteiger partial charge in [0.2, 0.25) is 0 Å². The minimum atomic E-state index is 0.245. The highest BCUT2D eigenvalue weighted by molar-refractivity contribution is 7.99. The maximum Gasteiger partial charge on any atom is 0.0107 e. The molecule has 1 nitrogen and oxygen atoms in total. The van der Waals surface area contributed by atoms with Crippen molar-refractivity contribution >= 4 is 11.8 Å². The zero-order chi connectivity index (χ0) is 13.9. The number of fused-ring (bicyclic) bond motifs is 1. The van der Waals surface area contributed by atoms with Crippen molar-refractivity contribution in [1.29, 1.82) is 0 Å². The smallest absolute Gasteiger partial charge is 0.0107 e. The molecule has 2 aromatic rings. The first-order chi connectivity index (χ1) is 9.72. The van der Waals surface area contributed by atoms with E-state index in [4.69, 9.17) is 5.73 Å². The standard InChI is InChI=1S/C18H21NS/c1-13-6-8-14(9-7-13)10-16(19)11-15-12-20-18-5-3-2-4-17(15)18/h2-9,15-16H,10-12,19H2,1H3. The summed E-state index contributed by atoms with van der Waals surface area (Å²) in [6, 6.07) is 17.7. The van der Waals surface area contributed by atoms with Crippen molar-refractivity contribution in [2.24, 2.45) is 5.73 Å². The van der Waals surface area contributed by atoms with Gasteiger partial charge in [-0.15, -0.1) is 11.8 Å². The van der Waals surface area contributed by atoms with Crippen molar-refractivity contribution < 1.29 is 0 Å². The van der Waals surface area contributed by atoms with Crippen LogP contribution in [0.3, 0.4) is 0 Å². The Bertz CT molecular complexity index is 576. The van der Waals surface area contributed by atoms with Gasteiger partial charge in [-0.1, -0.05) is 48.0 Å². The number of benzene rings is 2. The quantitative estimate of drug-likeness (QED) is 0.912. The molecule has 0 fully saturated rings. The summed E-state index contributed by atoms with van der Waals surface area (Å²) in [6.07, 6.45) is 2.06. The molecule has 0 saturated heterocycles. The Balaban J connectivity index is 1.62. The number of hydrogen-bond donors (Lipinski definition) is 1. The molecule has 104 valence electrons. The van der Waals surface area contributed by atoms with Gasteiger partial charge in [-0.25, -0.2) is 0 Å². The van der Waals surface area contributed by atoms with Crippen molar-refractivity contribution in [2.75, 3.05) is 5.75 Å². The zero-order valence-corrected chi connectivity index (χ0v) is 12.7. The summed E-state index contributed by atoms with van der Waals surface area (Å²) in [7, 11) is 0. The van der Waals surface area contributed by atoms with Gasteiger partial charge in [0, 0.05) is 16.7 Å². The van der Waals surface area contributed by atoms with Gasteiger partial charge in [0.1, 0.15) is 0 Å². The Morgan fingerprint density at radius 1 is 1.15 bits per heavy atom. The molecule has 3 rings (SSSR count). The topological polar surface area (TPSA) is 26.0 Å². The fourth-order valence-corrected chi connectivity index (χ4v) is 4.17. The summed E-state index contributed by atoms with van der Waals surface area (Å²) in [5, 5.41) is 0. The molecule has 1 aliphatic heterocycles. The summed E-state index contributed by atoms with van der Waals surface area (Å²) in [6.45, 7) is 2.12. The molecule has 1 heterocycles. The van der Waals surface area contributed by atoms with E-state index in [0.717, 1.165) is 12.8 Å². The second kappa shape index (κ2) is 6.02. The first-order valence-corrected chi connectivity index (χ1v) is 8.24. The van der Waals surface area contributed by atoms with Gasteiger partial charge in [0.15, 0.2) is 0 Å². The van der Waals surface area contributed by atoms with Crippen molar-refractivity contribution in [3.8, 4) is 0 Å². The van der Waals surface area contributed by atoms with Crippen LogP contribution < -0.4 is 5.73 Å². The summed E-state index contributed by atoms with van der Waals surface area (Å²) < 4.78 is 0. The van der Waals surface area contributed by atoms with Crippen LogP contribution >= 0.6 is 11.8 Å². The molecule has 0 aliphatic carbocycles. The lowest BCUT2D eigenvalue weighted by atomic mass is 9.91. The monoisotopic (exact) mass is 283 g/mol. The van der Waals surface area contributed by atoms with E-state index in [9.17, 15) is 0 Å². The summed E-state index contributed by atoms with van der Waals surface area (Å²) in [5.74, 6) is 1.80. The first-order valence-electron chi connectivity index (χ1n) is 7.25. The Hall–Kier alpha value is -1.25. The van der Waals surface area contributed by atoms with E-state index in [1.807, 2.05) is 11.8 Å². The highest BCUT2D eigenvalue weighted by atomic mass is 32.2. The minimum absolute atomic E-state index is 0.245. The van der Waals surface area contributed by atoms with Crippen LogP contribution in [0.4, 0.5) is 0 Å². The van der Waals surface area contributed by atoms with Crippen molar-refractivity contribution in [1.82, 2.24) is 0 Å². The van der Waals surface area contributed by atoms with Gasteiger partial charge in [-0.2, -0.15) is 0 Å². The Kier molecular flexibility index (Phi) is 4.13. The van der Waals surface area contributed by atoms with E-state index in [2.05, 4.69) is 55.5 Å². The molecule has 0 spiro atoms. The van der Waals surface area contributed by atoms with E-state index in [1.54, 1.807) is 0 Å². The average molecular weight is 283 g/mol. The normalized spacial score (nSPS) is 18.8. The molecule has 0 amide bonds. The van der Waals surface area contributed by atoms with E-state index >= 15 is 0 Å². The van der Waals surface area contributed by atoms with Crippen molar-refractivity contribution in [3.05, 3.63) is 65.2 Å². The number of thioether (sulfide) groups is 1. The predicted octanol–water partition coefficient (Wildman–Crippen LogP) is 4.14. The molecular weight excluding hydrogens is 262 g/mol. The molecule has 1 aliphatic rings. The maximum atomic E-state index is 6.37. The summed E-state index contributed by atoms with van der Waals surface area (Å²) in [5.41, 5.74) is 10.5. The predicted molar refractivity (Wildman–Crippen MR) is 87.4 cm³/mol. The lowest BCUT2D eigenvalue weighted by molar-refractivity contribution is 0.554. The first kappa shape index (κ1) is 13.7. The van der Waals surface area contributed by atoms with Crippen LogP contribution in [0.1, 0.15) is 29.0 Å². The fourth-order valence-electron chi connectivity index (χ4n) is 2.90. The molecule has 2 N–H and O–H groups in total. The lowest BCUT2D eigenvalue weighted by Gasteiger charge is -2.17. The molecule has 0 bridgehead atoms. The third kappa shape index (κ3) is 3.08. The SMILES string of the molecule is Cc1ccc(CC(N)CC2CSc3ccccc32)cc1. The average Bonchev–Trinajstić information content (AvgIpc) is 2.85. The number of hydrogen-bond acceptors (Lipinski definition) is 2. The fraction of sp³-hybridized carbons (Fsp3) is 0.333. The zero-order valence-electron chi connectivity index (χ0n) is 11.9. The number of aryl methyl sites for hydroxylation is 1. The molecule has 2 unspecified atom stereocenters. The number of rotatable bonds is 4. The van der Waals surface area contributed by atoms with Gasteiger partial charge < -0.3 is 5.73 Å². The molecule has 2 heteroatoms. The molecule has 20 heavy (non-hydrogen) atoms. The summed E-state index contributed by atoms with van der Waals surface area (Å²) >= 11 is 1.97. The number of nitrogens with two attached hydrogens (primary N) is 1. The molecule has 0 aromatic heterocycles. The largest absolute Gasteiger partial charge is 0.327 e.